The molecule has 7 heteroatoms. The number of rotatable bonds is 3. The van der Waals surface area contributed by atoms with Crippen molar-refractivity contribution in [2.24, 2.45) is 5.73 Å². The van der Waals surface area contributed by atoms with Crippen LogP contribution in [-0.4, -0.2) is 27.7 Å². The number of amides is 1. The van der Waals surface area contributed by atoms with E-state index in [0.29, 0.717) is 28.6 Å². The molecule has 3 N–H and O–H groups in total. The Labute approximate surface area is 137 Å². The Hall–Kier alpha value is -3.35. The topological polar surface area (TPSA) is 103 Å². The highest BCUT2D eigenvalue weighted by atomic mass is 16.7. The monoisotopic (exact) mass is 322 g/mol. The molecule has 2 aromatic heterocycles. The minimum absolute atomic E-state index is 0.0842. The van der Waals surface area contributed by atoms with Crippen LogP contribution >= 0.6 is 0 Å². The van der Waals surface area contributed by atoms with Crippen molar-refractivity contribution in [2.45, 2.75) is 6.92 Å². The predicted molar refractivity (Wildman–Crippen MR) is 86.6 cm³/mol. The van der Waals surface area contributed by atoms with Crippen LogP contribution in [0.5, 0.6) is 11.5 Å². The lowest BCUT2D eigenvalue weighted by molar-refractivity contribution is 0.0991. The van der Waals surface area contributed by atoms with Crippen LogP contribution in [-0.2, 0) is 0 Å². The number of pyridine rings is 1. The quantitative estimate of drug-likeness (QED) is 0.770. The van der Waals surface area contributed by atoms with Gasteiger partial charge < -0.3 is 20.2 Å². The van der Waals surface area contributed by atoms with Crippen molar-refractivity contribution in [1.82, 2.24) is 15.0 Å². The average Bonchev–Trinajstić information content (AvgIpc) is 3.21. The summed E-state index contributed by atoms with van der Waals surface area (Å²) in [7, 11) is 0. The number of carbonyl (C=O) groups excluding carboxylic acids is 1. The number of nitrogens with zero attached hydrogens (tertiary/aromatic N) is 2. The number of ether oxygens (including phenoxy) is 2. The molecule has 7 nitrogen and oxygen atoms in total. The first-order chi connectivity index (χ1) is 11.6. The van der Waals surface area contributed by atoms with Crippen molar-refractivity contribution in [2.75, 3.05) is 6.79 Å². The van der Waals surface area contributed by atoms with Gasteiger partial charge in [-0.15, -0.1) is 0 Å². The van der Waals surface area contributed by atoms with Crippen LogP contribution in [0.3, 0.4) is 0 Å². The first-order valence-corrected chi connectivity index (χ1v) is 7.35. The number of aromatic amines is 1. The third-order valence-electron chi connectivity index (χ3n) is 3.73. The fourth-order valence-electron chi connectivity index (χ4n) is 2.61. The average molecular weight is 322 g/mol. The minimum Gasteiger partial charge on any atom is -0.454 e. The van der Waals surface area contributed by atoms with Gasteiger partial charge in [0.15, 0.2) is 17.3 Å². The number of carbonyl (C=O) groups is 1. The fourth-order valence-corrected chi connectivity index (χ4v) is 2.61. The van der Waals surface area contributed by atoms with Crippen molar-refractivity contribution in [1.29, 1.82) is 0 Å². The summed E-state index contributed by atoms with van der Waals surface area (Å²) in [6.07, 6.45) is 0. The molecule has 1 aliphatic heterocycles. The van der Waals surface area contributed by atoms with Crippen LogP contribution in [0.1, 0.15) is 16.3 Å². The van der Waals surface area contributed by atoms with Crippen LogP contribution in [0.15, 0.2) is 36.4 Å². The van der Waals surface area contributed by atoms with E-state index in [1.165, 1.54) is 0 Å². The van der Waals surface area contributed by atoms with E-state index in [4.69, 9.17) is 15.2 Å². The maximum Gasteiger partial charge on any atom is 0.284 e. The molecule has 0 unspecified atom stereocenters. The molecule has 0 saturated carbocycles. The van der Waals surface area contributed by atoms with Gasteiger partial charge in [-0.25, -0.2) is 4.98 Å². The Morgan fingerprint density at radius 2 is 2.00 bits per heavy atom. The van der Waals surface area contributed by atoms with Gasteiger partial charge in [0.2, 0.25) is 6.79 Å². The standard InChI is InChI=1S/C17H14N4O3/c1-9-3-2-4-11(19-9)15-14(20-17(21-15)16(18)22)10-5-6-12-13(7-10)24-8-23-12/h2-7H,8H2,1H3,(H2,18,22)(H,20,21). The summed E-state index contributed by atoms with van der Waals surface area (Å²) >= 11 is 0. The molecular formula is C17H14N4O3. The van der Waals surface area contributed by atoms with Gasteiger partial charge in [-0.1, -0.05) is 6.07 Å². The Kier molecular flexibility index (Phi) is 3.19. The number of H-pyrrole nitrogens is 1. The molecule has 3 heterocycles. The number of nitrogens with one attached hydrogen (secondary N) is 1. The molecule has 0 aliphatic carbocycles. The highest BCUT2D eigenvalue weighted by Crippen LogP contribution is 2.37. The molecule has 0 atom stereocenters. The van der Waals surface area contributed by atoms with E-state index in [0.717, 1.165) is 11.3 Å². The summed E-state index contributed by atoms with van der Waals surface area (Å²) in [5, 5.41) is 0. The normalized spacial score (nSPS) is 12.4. The number of hydrogen-bond acceptors (Lipinski definition) is 5. The molecule has 1 amide bonds. The third kappa shape index (κ3) is 2.36. The smallest absolute Gasteiger partial charge is 0.284 e. The maximum atomic E-state index is 11.5. The van der Waals surface area contributed by atoms with E-state index in [9.17, 15) is 4.79 Å². The lowest BCUT2D eigenvalue weighted by atomic mass is 10.1. The van der Waals surface area contributed by atoms with E-state index in [1.54, 1.807) is 0 Å². The molecular weight excluding hydrogens is 308 g/mol. The number of fused-ring (bicyclic) bond motifs is 1. The van der Waals surface area contributed by atoms with Gasteiger partial charge in [0.05, 0.1) is 17.1 Å². The first-order valence-electron chi connectivity index (χ1n) is 7.35. The Balaban J connectivity index is 1.89. The molecule has 3 aromatic rings. The van der Waals surface area contributed by atoms with E-state index in [2.05, 4.69) is 15.0 Å². The molecule has 0 fully saturated rings. The van der Waals surface area contributed by atoms with Gasteiger partial charge in [0.25, 0.3) is 5.91 Å². The van der Waals surface area contributed by atoms with Crippen molar-refractivity contribution in [3.8, 4) is 34.1 Å². The van der Waals surface area contributed by atoms with Crippen LogP contribution < -0.4 is 15.2 Å². The van der Waals surface area contributed by atoms with Gasteiger partial charge in [-0.3, -0.25) is 9.78 Å². The second kappa shape index (κ2) is 5.38. The number of hydrogen-bond donors (Lipinski definition) is 2. The van der Waals surface area contributed by atoms with E-state index >= 15 is 0 Å². The van der Waals surface area contributed by atoms with Crippen LogP contribution in [0.2, 0.25) is 0 Å². The van der Waals surface area contributed by atoms with Crippen molar-refractivity contribution in [3.63, 3.8) is 0 Å². The number of benzene rings is 1. The van der Waals surface area contributed by atoms with Crippen molar-refractivity contribution < 1.29 is 14.3 Å². The lowest BCUT2D eigenvalue weighted by Gasteiger charge is -2.04. The van der Waals surface area contributed by atoms with Crippen LogP contribution in [0, 0.1) is 6.92 Å². The molecule has 0 bridgehead atoms. The summed E-state index contributed by atoms with van der Waals surface area (Å²) in [6.45, 7) is 2.09. The number of aromatic nitrogens is 3. The lowest BCUT2D eigenvalue weighted by Crippen LogP contribution is -2.12. The van der Waals surface area contributed by atoms with Crippen molar-refractivity contribution >= 4 is 5.91 Å². The number of aryl methyl sites for hydroxylation is 1. The van der Waals surface area contributed by atoms with Gasteiger partial charge in [0.1, 0.15) is 0 Å². The number of primary amides is 1. The van der Waals surface area contributed by atoms with E-state index in [-0.39, 0.29) is 12.6 Å². The Morgan fingerprint density at radius 1 is 1.17 bits per heavy atom. The molecule has 1 aromatic carbocycles. The molecule has 0 spiro atoms. The Morgan fingerprint density at radius 3 is 2.79 bits per heavy atom. The summed E-state index contributed by atoms with van der Waals surface area (Å²) in [4.78, 5) is 23.4. The minimum atomic E-state index is -0.629. The van der Waals surface area contributed by atoms with E-state index in [1.807, 2.05) is 43.3 Å². The number of imidazole rings is 1. The molecule has 120 valence electrons. The first kappa shape index (κ1) is 14.3. The fraction of sp³-hybridized carbons (Fsp3) is 0.118. The molecule has 24 heavy (non-hydrogen) atoms. The van der Waals surface area contributed by atoms with Gasteiger partial charge in [-0.2, -0.15) is 0 Å². The Bertz CT molecular complexity index is 949. The number of nitrogens with two attached hydrogens (primary N) is 1. The molecule has 4 rings (SSSR count). The molecule has 0 radical (unpaired) electrons. The summed E-state index contributed by atoms with van der Waals surface area (Å²) in [6, 6.07) is 11.1. The zero-order chi connectivity index (χ0) is 16.7. The predicted octanol–water partition coefficient (Wildman–Crippen LogP) is 2.27. The zero-order valence-electron chi connectivity index (χ0n) is 12.9. The maximum absolute atomic E-state index is 11.5. The molecule has 1 aliphatic rings. The molecule has 0 saturated heterocycles. The third-order valence-corrected chi connectivity index (χ3v) is 3.73. The summed E-state index contributed by atoms with van der Waals surface area (Å²) in [5.74, 6) is 0.774. The van der Waals surface area contributed by atoms with Crippen LogP contribution in [0.4, 0.5) is 0 Å². The SMILES string of the molecule is Cc1cccc(-c2[nH]c(C(N)=O)nc2-c2ccc3c(c2)OCO3)n1. The van der Waals surface area contributed by atoms with Crippen LogP contribution in [0.25, 0.3) is 22.6 Å². The summed E-state index contributed by atoms with van der Waals surface area (Å²) in [5.41, 5.74) is 8.91. The highest BCUT2D eigenvalue weighted by molar-refractivity contribution is 5.92. The highest BCUT2D eigenvalue weighted by Gasteiger charge is 2.20. The summed E-state index contributed by atoms with van der Waals surface area (Å²) < 4.78 is 10.7. The zero-order valence-corrected chi connectivity index (χ0v) is 12.9. The van der Waals surface area contributed by atoms with Crippen molar-refractivity contribution in [3.05, 3.63) is 47.9 Å². The van der Waals surface area contributed by atoms with Gasteiger partial charge >= 0.3 is 0 Å². The van der Waals surface area contributed by atoms with Gasteiger partial charge in [-0.05, 0) is 37.3 Å². The second-order valence-electron chi connectivity index (χ2n) is 5.41. The second-order valence-corrected chi connectivity index (χ2v) is 5.41. The van der Waals surface area contributed by atoms with Gasteiger partial charge in [0, 0.05) is 11.3 Å². The van der Waals surface area contributed by atoms with E-state index < -0.39 is 5.91 Å². The largest absolute Gasteiger partial charge is 0.454 e.